The van der Waals surface area contributed by atoms with Gasteiger partial charge in [-0.2, -0.15) is 0 Å². The van der Waals surface area contributed by atoms with E-state index in [2.05, 4.69) is 36.1 Å². The van der Waals surface area contributed by atoms with E-state index >= 15 is 0 Å². The second-order valence-electron chi connectivity index (χ2n) is 6.07. The monoisotopic (exact) mass is 291 g/mol. The first-order valence-corrected chi connectivity index (χ1v) is 7.69. The van der Waals surface area contributed by atoms with Crippen LogP contribution < -0.4 is 5.32 Å². The SMILES string of the molecule is CCCc1cc(C(=O)O)cc(NC2CCN(C)CC2C)n1. The van der Waals surface area contributed by atoms with E-state index in [1.807, 2.05) is 0 Å². The molecule has 0 spiro atoms. The number of piperidine rings is 1. The number of anilines is 1. The molecule has 2 rings (SSSR count). The lowest BCUT2D eigenvalue weighted by molar-refractivity contribution is 0.0696. The number of carboxylic acids is 1. The Labute approximate surface area is 126 Å². The maximum atomic E-state index is 11.2. The van der Waals surface area contributed by atoms with Crippen molar-refractivity contribution < 1.29 is 9.90 Å². The van der Waals surface area contributed by atoms with E-state index in [1.54, 1.807) is 12.1 Å². The third kappa shape index (κ3) is 4.17. The lowest BCUT2D eigenvalue weighted by Gasteiger charge is -2.35. The molecule has 0 saturated carbocycles. The van der Waals surface area contributed by atoms with Crippen LogP contribution in [0.3, 0.4) is 0 Å². The molecule has 0 aromatic carbocycles. The highest BCUT2D eigenvalue weighted by Crippen LogP contribution is 2.21. The van der Waals surface area contributed by atoms with Crippen molar-refractivity contribution in [2.45, 2.75) is 39.2 Å². The van der Waals surface area contributed by atoms with Gasteiger partial charge >= 0.3 is 5.97 Å². The van der Waals surface area contributed by atoms with Gasteiger partial charge in [0.15, 0.2) is 0 Å². The second-order valence-corrected chi connectivity index (χ2v) is 6.07. The average Bonchev–Trinajstić information content (AvgIpc) is 2.42. The van der Waals surface area contributed by atoms with E-state index in [9.17, 15) is 9.90 Å². The Morgan fingerprint density at radius 1 is 1.52 bits per heavy atom. The predicted octanol–water partition coefficient (Wildman–Crippen LogP) is 2.48. The van der Waals surface area contributed by atoms with Crippen LogP contribution in [0.2, 0.25) is 0 Å². The molecular weight excluding hydrogens is 266 g/mol. The molecule has 1 aliphatic heterocycles. The fourth-order valence-electron chi connectivity index (χ4n) is 2.93. The number of nitrogens with zero attached hydrogens (tertiary/aromatic N) is 2. The molecule has 21 heavy (non-hydrogen) atoms. The van der Waals surface area contributed by atoms with Crippen molar-refractivity contribution in [3.63, 3.8) is 0 Å². The quantitative estimate of drug-likeness (QED) is 0.872. The van der Waals surface area contributed by atoms with E-state index in [4.69, 9.17) is 0 Å². The van der Waals surface area contributed by atoms with E-state index in [0.717, 1.165) is 38.0 Å². The Bertz CT molecular complexity index is 504. The average molecular weight is 291 g/mol. The molecule has 1 aromatic rings. The van der Waals surface area contributed by atoms with Gasteiger partial charge < -0.3 is 15.3 Å². The number of nitrogens with one attached hydrogen (secondary N) is 1. The van der Waals surface area contributed by atoms with Gasteiger partial charge in [0.05, 0.1) is 5.56 Å². The van der Waals surface area contributed by atoms with Crippen molar-refractivity contribution in [3.05, 3.63) is 23.4 Å². The fourth-order valence-corrected chi connectivity index (χ4v) is 2.93. The van der Waals surface area contributed by atoms with Gasteiger partial charge in [-0.25, -0.2) is 9.78 Å². The molecule has 5 nitrogen and oxygen atoms in total. The molecule has 0 aliphatic carbocycles. The van der Waals surface area contributed by atoms with E-state index in [0.29, 0.717) is 23.3 Å². The number of aryl methyl sites for hydroxylation is 1. The maximum Gasteiger partial charge on any atom is 0.335 e. The highest BCUT2D eigenvalue weighted by atomic mass is 16.4. The highest BCUT2D eigenvalue weighted by molar-refractivity contribution is 5.88. The fraction of sp³-hybridized carbons (Fsp3) is 0.625. The van der Waals surface area contributed by atoms with Crippen molar-refractivity contribution in [3.8, 4) is 0 Å². The molecule has 0 radical (unpaired) electrons. The summed E-state index contributed by atoms with van der Waals surface area (Å²) in [6, 6.07) is 3.67. The largest absolute Gasteiger partial charge is 0.478 e. The van der Waals surface area contributed by atoms with E-state index in [-0.39, 0.29) is 0 Å². The smallest absolute Gasteiger partial charge is 0.335 e. The summed E-state index contributed by atoms with van der Waals surface area (Å²) in [5.41, 5.74) is 1.16. The van der Waals surface area contributed by atoms with E-state index in [1.165, 1.54) is 0 Å². The van der Waals surface area contributed by atoms with Crippen LogP contribution in [0.5, 0.6) is 0 Å². The molecule has 2 N–H and O–H groups in total. The number of hydrogen-bond donors (Lipinski definition) is 2. The van der Waals surface area contributed by atoms with Crippen molar-refractivity contribution in [1.82, 2.24) is 9.88 Å². The Balaban J connectivity index is 2.16. The third-order valence-corrected chi connectivity index (χ3v) is 4.07. The standard InChI is InChI=1S/C16H25N3O2/c1-4-5-13-8-12(16(20)21)9-15(17-13)18-14-6-7-19(3)10-11(14)2/h8-9,11,14H,4-7,10H2,1-3H3,(H,17,18)(H,20,21). The van der Waals surface area contributed by atoms with Crippen LogP contribution in [0.25, 0.3) is 0 Å². The minimum absolute atomic E-state index is 0.316. The molecule has 116 valence electrons. The Hall–Kier alpha value is -1.62. The van der Waals surface area contributed by atoms with Gasteiger partial charge in [0.2, 0.25) is 0 Å². The molecular formula is C16H25N3O2. The third-order valence-electron chi connectivity index (χ3n) is 4.07. The van der Waals surface area contributed by atoms with Crippen LogP contribution in [0.4, 0.5) is 5.82 Å². The minimum atomic E-state index is -0.894. The summed E-state index contributed by atoms with van der Waals surface area (Å²) in [6.07, 6.45) is 2.82. The predicted molar refractivity (Wildman–Crippen MR) is 83.9 cm³/mol. The molecule has 1 saturated heterocycles. The van der Waals surface area contributed by atoms with Gasteiger partial charge in [-0.1, -0.05) is 20.3 Å². The number of carbonyl (C=O) groups is 1. The first kappa shape index (κ1) is 15.8. The summed E-state index contributed by atoms with van der Waals surface area (Å²) >= 11 is 0. The van der Waals surface area contributed by atoms with Crippen LogP contribution in [0.1, 0.15) is 42.7 Å². The van der Waals surface area contributed by atoms with Crippen LogP contribution in [-0.4, -0.2) is 47.1 Å². The van der Waals surface area contributed by atoms with Crippen LogP contribution >= 0.6 is 0 Å². The number of aromatic nitrogens is 1. The van der Waals surface area contributed by atoms with Gasteiger partial charge in [0.25, 0.3) is 0 Å². The summed E-state index contributed by atoms with van der Waals surface area (Å²) in [5, 5.41) is 12.7. The van der Waals surface area contributed by atoms with Crippen LogP contribution in [0, 0.1) is 5.92 Å². The summed E-state index contributed by atoms with van der Waals surface area (Å²) in [6.45, 7) is 6.41. The molecule has 1 aliphatic rings. The summed E-state index contributed by atoms with van der Waals surface area (Å²) < 4.78 is 0. The van der Waals surface area contributed by atoms with Gasteiger partial charge in [-0.3, -0.25) is 0 Å². The van der Waals surface area contributed by atoms with Gasteiger partial charge in [0.1, 0.15) is 5.82 Å². The van der Waals surface area contributed by atoms with Crippen molar-refractivity contribution in [1.29, 1.82) is 0 Å². The van der Waals surface area contributed by atoms with Crippen LogP contribution in [-0.2, 0) is 6.42 Å². The number of carboxylic acid groups (broad SMARTS) is 1. The highest BCUT2D eigenvalue weighted by Gasteiger charge is 2.24. The number of rotatable bonds is 5. The summed E-state index contributed by atoms with van der Waals surface area (Å²) in [7, 11) is 2.13. The number of hydrogen-bond acceptors (Lipinski definition) is 4. The summed E-state index contributed by atoms with van der Waals surface area (Å²) in [5.74, 6) is 0.322. The Morgan fingerprint density at radius 3 is 2.90 bits per heavy atom. The molecule has 2 atom stereocenters. The van der Waals surface area contributed by atoms with E-state index < -0.39 is 5.97 Å². The first-order valence-electron chi connectivity index (χ1n) is 7.69. The van der Waals surface area contributed by atoms with Crippen molar-refractivity contribution in [2.24, 2.45) is 5.92 Å². The zero-order chi connectivity index (χ0) is 15.4. The lowest BCUT2D eigenvalue weighted by atomic mass is 9.94. The second kappa shape index (κ2) is 6.89. The van der Waals surface area contributed by atoms with Crippen molar-refractivity contribution >= 4 is 11.8 Å². The molecule has 0 bridgehead atoms. The maximum absolute atomic E-state index is 11.2. The van der Waals surface area contributed by atoms with Gasteiger partial charge in [0, 0.05) is 18.3 Å². The number of likely N-dealkylation sites (tertiary alicyclic amines) is 1. The lowest BCUT2D eigenvalue weighted by Crippen LogP contribution is -2.43. The zero-order valence-electron chi connectivity index (χ0n) is 13.1. The minimum Gasteiger partial charge on any atom is -0.478 e. The number of pyridine rings is 1. The molecule has 5 heteroatoms. The molecule has 0 amide bonds. The molecule has 2 heterocycles. The van der Waals surface area contributed by atoms with Gasteiger partial charge in [-0.05, 0) is 44.5 Å². The Kier molecular flexibility index (Phi) is 5.17. The Morgan fingerprint density at radius 2 is 2.29 bits per heavy atom. The topological polar surface area (TPSA) is 65.5 Å². The molecule has 1 aromatic heterocycles. The first-order chi connectivity index (χ1) is 9.99. The molecule has 1 fully saturated rings. The van der Waals surface area contributed by atoms with Crippen molar-refractivity contribution in [2.75, 3.05) is 25.5 Å². The normalized spacial score (nSPS) is 23.0. The van der Waals surface area contributed by atoms with Crippen LogP contribution in [0.15, 0.2) is 12.1 Å². The zero-order valence-corrected chi connectivity index (χ0v) is 13.1. The molecule has 2 unspecified atom stereocenters. The van der Waals surface area contributed by atoms with Gasteiger partial charge in [-0.15, -0.1) is 0 Å². The summed E-state index contributed by atoms with van der Waals surface area (Å²) in [4.78, 5) is 18.1. The number of aromatic carboxylic acids is 1.